The van der Waals surface area contributed by atoms with Crippen LogP contribution in [0, 0.1) is 5.92 Å². The zero-order chi connectivity index (χ0) is 13.6. The largest absolute Gasteiger partial charge is 0.381 e. The third-order valence-corrected chi connectivity index (χ3v) is 5.05. The third kappa shape index (κ3) is 2.24. The van der Waals surface area contributed by atoms with E-state index in [4.69, 9.17) is 4.74 Å². The molecule has 20 heavy (non-hydrogen) atoms. The van der Waals surface area contributed by atoms with E-state index in [1.807, 2.05) is 4.68 Å². The summed E-state index contributed by atoms with van der Waals surface area (Å²) < 4.78 is 7.59. The fourth-order valence-electron chi connectivity index (χ4n) is 3.60. The fourth-order valence-corrected chi connectivity index (χ4v) is 3.60. The maximum absolute atomic E-state index is 5.56. The molecule has 6 nitrogen and oxygen atoms in total. The van der Waals surface area contributed by atoms with Crippen LogP contribution in [0.25, 0.3) is 0 Å². The number of hydrogen-bond acceptors (Lipinski definition) is 5. The highest BCUT2D eigenvalue weighted by atomic mass is 16.5. The van der Waals surface area contributed by atoms with Gasteiger partial charge in [0.25, 0.3) is 0 Å². The molecular formula is C14H23N5O. The minimum Gasteiger partial charge on any atom is -0.381 e. The van der Waals surface area contributed by atoms with Crippen molar-refractivity contribution in [3.63, 3.8) is 0 Å². The molecule has 3 fully saturated rings. The van der Waals surface area contributed by atoms with Gasteiger partial charge in [-0.15, -0.1) is 5.10 Å². The summed E-state index contributed by atoms with van der Waals surface area (Å²) in [5, 5.41) is 16.2. The Balaban J connectivity index is 1.52. The lowest BCUT2D eigenvalue weighted by atomic mass is 9.84. The van der Waals surface area contributed by atoms with E-state index >= 15 is 0 Å². The molecule has 1 aromatic heterocycles. The zero-order valence-corrected chi connectivity index (χ0v) is 12.1. The van der Waals surface area contributed by atoms with Gasteiger partial charge in [-0.05, 0) is 61.8 Å². The van der Waals surface area contributed by atoms with Crippen molar-refractivity contribution in [1.29, 1.82) is 0 Å². The van der Waals surface area contributed by atoms with Crippen LogP contribution in [0.4, 0.5) is 0 Å². The van der Waals surface area contributed by atoms with E-state index in [1.165, 1.54) is 25.7 Å². The standard InChI is InChI=1S/C14H23N5O/c1-10(13-16-17-18-19(13)12-4-5-12)15-14(11-2-3-11)6-8-20-9-7-14/h10-12,15H,2-9H2,1H3. The summed E-state index contributed by atoms with van der Waals surface area (Å²) in [5.74, 6) is 1.82. The average molecular weight is 277 g/mol. The highest BCUT2D eigenvalue weighted by molar-refractivity contribution is 5.06. The van der Waals surface area contributed by atoms with Gasteiger partial charge in [0.15, 0.2) is 5.82 Å². The van der Waals surface area contributed by atoms with E-state index in [0.29, 0.717) is 6.04 Å². The number of nitrogens with zero attached hydrogens (tertiary/aromatic N) is 4. The predicted octanol–water partition coefficient (Wildman–Crippen LogP) is 1.62. The fraction of sp³-hybridized carbons (Fsp3) is 0.929. The Hall–Kier alpha value is -1.01. The predicted molar refractivity (Wildman–Crippen MR) is 73.1 cm³/mol. The van der Waals surface area contributed by atoms with Crippen molar-refractivity contribution in [3.05, 3.63) is 5.82 Å². The molecular weight excluding hydrogens is 254 g/mol. The molecule has 1 unspecified atom stereocenters. The second-order valence-electron chi connectivity index (χ2n) is 6.62. The van der Waals surface area contributed by atoms with Crippen LogP contribution < -0.4 is 5.32 Å². The summed E-state index contributed by atoms with van der Waals surface area (Å²) in [6, 6.07) is 0.750. The van der Waals surface area contributed by atoms with Gasteiger partial charge in [0, 0.05) is 18.8 Å². The van der Waals surface area contributed by atoms with Gasteiger partial charge >= 0.3 is 0 Å². The van der Waals surface area contributed by atoms with Crippen molar-refractivity contribution in [2.24, 2.45) is 5.92 Å². The quantitative estimate of drug-likeness (QED) is 0.886. The summed E-state index contributed by atoms with van der Waals surface area (Å²) in [6.07, 6.45) is 7.37. The van der Waals surface area contributed by atoms with Crippen molar-refractivity contribution in [2.75, 3.05) is 13.2 Å². The first-order chi connectivity index (χ1) is 9.78. The van der Waals surface area contributed by atoms with Gasteiger partial charge in [-0.1, -0.05) is 0 Å². The van der Waals surface area contributed by atoms with E-state index in [-0.39, 0.29) is 11.6 Å². The normalized spacial score (nSPS) is 27.4. The Labute approximate surface area is 119 Å². The third-order valence-electron chi connectivity index (χ3n) is 5.05. The summed E-state index contributed by atoms with van der Waals surface area (Å²) in [5.41, 5.74) is 0.248. The van der Waals surface area contributed by atoms with Crippen LogP contribution in [0.1, 0.15) is 63.4 Å². The highest BCUT2D eigenvalue weighted by Crippen LogP contribution is 2.46. The molecule has 3 aliphatic rings. The number of nitrogens with one attached hydrogen (secondary N) is 1. The van der Waals surface area contributed by atoms with Crippen molar-refractivity contribution in [3.8, 4) is 0 Å². The number of rotatable bonds is 5. The monoisotopic (exact) mass is 277 g/mol. The molecule has 1 saturated heterocycles. The van der Waals surface area contributed by atoms with E-state index in [0.717, 1.165) is 37.8 Å². The Morgan fingerprint density at radius 1 is 1.25 bits per heavy atom. The number of aromatic nitrogens is 4. The summed E-state index contributed by atoms with van der Waals surface area (Å²) in [4.78, 5) is 0. The van der Waals surface area contributed by atoms with Crippen LogP contribution in [-0.4, -0.2) is 39.0 Å². The maximum Gasteiger partial charge on any atom is 0.168 e. The zero-order valence-electron chi connectivity index (χ0n) is 12.1. The number of hydrogen-bond donors (Lipinski definition) is 1. The molecule has 1 N–H and O–H groups in total. The van der Waals surface area contributed by atoms with Gasteiger partial charge < -0.3 is 10.1 Å². The molecule has 0 aromatic carbocycles. The van der Waals surface area contributed by atoms with E-state index in [2.05, 4.69) is 27.8 Å². The molecule has 0 spiro atoms. The minimum absolute atomic E-state index is 0.212. The Bertz CT molecular complexity index is 474. The van der Waals surface area contributed by atoms with Crippen molar-refractivity contribution in [1.82, 2.24) is 25.5 Å². The van der Waals surface area contributed by atoms with Crippen LogP contribution in [0.15, 0.2) is 0 Å². The van der Waals surface area contributed by atoms with Gasteiger partial charge in [0.1, 0.15) is 0 Å². The van der Waals surface area contributed by atoms with Crippen LogP contribution >= 0.6 is 0 Å². The van der Waals surface area contributed by atoms with E-state index in [9.17, 15) is 0 Å². The van der Waals surface area contributed by atoms with E-state index < -0.39 is 0 Å². The molecule has 2 aliphatic carbocycles. The van der Waals surface area contributed by atoms with Crippen LogP contribution in [0.2, 0.25) is 0 Å². The van der Waals surface area contributed by atoms with Crippen molar-refractivity contribution in [2.45, 2.75) is 63.1 Å². The number of tetrazole rings is 1. The molecule has 1 aliphatic heterocycles. The molecule has 1 aromatic rings. The SMILES string of the molecule is CC(NC1(C2CC2)CCOCC1)c1nnnn1C1CC1. The smallest absolute Gasteiger partial charge is 0.168 e. The molecule has 0 amide bonds. The molecule has 1 atom stereocenters. The first-order valence-electron chi connectivity index (χ1n) is 7.92. The van der Waals surface area contributed by atoms with Crippen molar-refractivity contribution >= 4 is 0 Å². The second kappa shape index (κ2) is 4.77. The van der Waals surface area contributed by atoms with Crippen molar-refractivity contribution < 1.29 is 4.74 Å². The van der Waals surface area contributed by atoms with Gasteiger partial charge in [-0.25, -0.2) is 4.68 Å². The molecule has 0 bridgehead atoms. The summed E-state index contributed by atoms with van der Waals surface area (Å²) in [6.45, 7) is 3.96. The molecule has 2 heterocycles. The average Bonchev–Trinajstić information content (AvgIpc) is 3.37. The topological polar surface area (TPSA) is 64.9 Å². The minimum atomic E-state index is 0.212. The molecule has 4 rings (SSSR count). The lowest BCUT2D eigenvalue weighted by molar-refractivity contribution is 0.0234. The molecule has 2 saturated carbocycles. The Morgan fingerprint density at radius 3 is 2.65 bits per heavy atom. The first kappa shape index (κ1) is 12.7. The molecule has 0 radical (unpaired) electrons. The van der Waals surface area contributed by atoms with Gasteiger partial charge in [-0.3, -0.25) is 0 Å². The number of ether oxygens (including phenoxy) is 1. The lowest BCUT2D eigenvalue weighted by Gasteiger charge is -2.40. The lowest BCUT2D eigenvalue weighted by Crippen LogP contribution is -2.52. The van der Waals surface area contributed by atoms with E-state index in [1.54, 1.807) is 0 Å². The Kier molecular flexibility index (Phi) is 3.03. The highest BCUT2D eigenvalue weighted by Gasteiger charge is 2.47. The van der Waals surface area contributed by atoms with Crippen LogP contribution in [0.5, 0.6) is 0 Å². The van der Waals surface area contributed by atoms with Crippen LogP contribution in [-0.2, 0) is 4.74 Å². The Morgan fingerprint density at radius 2 is 2.00 bits per heavy atom. The maximum atomic E-state index is 5.56. The van der Waals surface area contributed by atoms with Gasteiger partial charge in [0.2, 0.25) is 0 Å². The second-order valence-corrected chi connectivity index (χ2v) is 6.62. The van der Waals surface area contributed by atoms with Crippen LogP contribution in [0.3, 0.4) is 0 Å². The molecule has 6 heteroatoms. The molecule has 110 valence electrons. The first-order valence-corrected chi connectivity index (χ1v) is 7.92. The van der Waals surface area contributed by atoms with Gasteiger partial charge in [-0.2, -0.15) is 0 Å². The summed E-state index contributed by atoms with van der Waals surface area (Å²) >= 11 is 0. The van der Waals surface area contributed by atoms with Gasteiger partial charge in [0.05, 0.1) is 12.1 Å². The summed E-state index contributed by atoms with van der Waals surface area (Å²) in [7, 11) is 0.